The third-order valence-electron chi connectivity index (χ3n) is 5.08. The van der Waals surface area contributed by atoms with Crippen LogP contribution < -0.4 is 4.74 Å². The van der Waals surface area contributed by atoms with Gasteiger partial charge in [0, 0.05) is 0 Å². The van der Waals surface area contributed by atoms with Crippen LogP contribution in [0.3, 0.4) is 0 Å². The van der Waals surface area contributed by atoms with Crippen molar-refractivity contribution < 1.29 is 14.6 Å². The maximum atomic E-state index is 9.46. The van der Waals surface area contributed by atoms with Gasteiger partial charge in [-0.15, -0.1) is 0 Å². The average molecular weight is 369 g/mol. The Morgan fingerprint density at radius 2 is 1.63 bits per heavy atom. The van der Waals surface area contributed by atoms with E-state index in [4.69, 9.17) is 9.47 Å². The number of benzene rings is 2. The van der Waals surface area contributed by atoms with Crippen LogP contribution >= 0.6 is 0 Å². The molecular weight excluding hydrogens is 336 g/mol. The number of hydrogen-bond donors (Lipinski definition) is 1. The fourth-order valence-electron chi connectivity index (χ4n) is 3.37. The molecule has 1 N–H and O–H groups in total. The molecule has 3 heteroatoms. The minimum atomic E-state index is 0.336. The number of phenols is 1. The molecule has 0 heterocycles. The Labute approximate surface area is 163 Å². The van der Waals surface area contributed by atoms with Crippen LogP contribution in [-0.2, 0) is 4.74 Å². The summed E-state index contributed by atoms with van der Waals surface area (Å²) in [6.45, 7) is 9.07. The van der Waals surface area contributed by atoms with Crippen LogP contribution in [0.25, 0.3) is 0 Å². The Morgan fingerprint density at radius 1 is 0.963 bits per heavy atom. The van der Waals surface area contributed by atoms with E-state index in [1.165, 1.54) is 36.7 Å². The Morgan fingerprint density at radius 3 is 2.26 bits per heavy atom. The molecule has 3 nitrogen and oxygen atoms in total. The fraction of sp³-hybridized carbons (Fsp3) is 0.417. The molecular formula is C24H32O3. The zero-order chi connectivity index (χ0) is 19.5. The summed E-state index contributed by atoms with van der Waals surface area (Å²) in [6.07, 6.45) is 6.09. The molecule has 0 saturated carbocycles. The van der Waals surface area contributed by atoms with E-state index in [1.807, 2.05) is 24.3 Å². The minimum absolute atomic E-state index is 0.336. The largest absolute Gasteiger partial charge is 0.508 e. The minimum Gasteiger partial charge on any atom is -0.508 e. The van der Waals surface area contributed by atoms with Crippen molar-refractivity contribution in [3.63, 3.8) is 0 Å². The number of hydrogen-bond acceptors (Lipinski definition) is 3. The molecule has 2 aromatic rings. The van der Waals surface area contributed by atoms with Crippen molar-refractivity contribution in [2.24, 2.45) is 0 Å². The van der Waals surface area contributed by atoms with Crippen LogP contribution in [0.4, 0.5) is 0 Å². The van der Waals surface area contributed by atoms with Crippen molar-refractivity contribution >= 4 is 0 Å². The lowest BCUT2D eigenvalue weighted by molar-refractivity contribution is 0.179. The Bertz CT molecular complexity index is 661. The Balaban J connectivity index is 1.78. The van der Waals surface area contributed by atoms with Gasteiger partial charge in [0.2, 0.25) is 0 Å². The first kappa shape index (κ1) is 20.9. The Kier molecular flexibility index (Phi) is 8.76. The summed E-state index contributed by atoms with van der Waals surface area (Å²) < 4.78 is 10.7. The van der Waals surface area contributed by atoms with E-state index in [0.717, 1.165) is 12.2 Å². The maximum Gasteiger partial charge on any atom is 0.122 e. The molecule has 2 atom stereocenters. The van der Waals surface area contributed by atoms with Crippen LogP contribution in [0, 0.1) is 0 Å². The van der Waals surface area contributed by atoms with E-state index in [1.54, 1.807) is 12.1 Å². The first-order chi connectivity index (χ1) is 13.1. The molecule has 0 aliphatic carbocycles. The van der Waals surface area contributed by atoms with Crippen molar-refractivity contribution in [2.75, 3.05) is 13.2 Å². The highest BCUT2D eigenvalue weighted by molar-refractivity contribution is 5.30. The molecule has 0 bridgehead atoms. The van der Waals surface area contributed by atoms with Crippen molar-refractivity contribution in [3.05, 3.63) is 72.5 Å². The normalized spacial score (nSPS) is 13.0. The molecule has 0 aliphatic rings. The molecule has 2 aromatic carbocycles. The molecule has 0 radical (unpaired) electrons. The SMILES string of the molecule is C=COCCOc1ccc(C(C)CCCC(CC)c2ccc(O)cc2)cc1. The summed E-state index contributed by atoms with van der Waals surface area (Å²) in [5.74, 6) is 2.30. The monoisotopic (exact) mass is 368 g/mol. The average Bonchev–Trinajstić information content (AvgIpc) is 2.70. The second kappa shape index (κ2) is 11.3. The molecule has 0 spiro atoms. The molecule has 0 amide bonds. The second-order valence-electron chi connectivity index (χ2n) is 6.98. The molecule has 0 saturated heterocycles. The summed E-state index contributed by atoms with van der Waals surface area (Å²) >= 11 is 0. The molecule has 0 aromatic heterocycles. The lowest BCUT2D eigenvalue weighted by Crippen LogP contribution is -2.04. The van der Waals surface area contributed by atoms with Gasteiger partial charge in [-0.1, -0.05) is 51.1 Å². The van der Waals surface area contributed by atoms with Gasteiger partial charge in [-0.05, 0) is 66.5 Å². The number of rotatable bonds is 12. The summed E-state index contributed by atoms with van der Waals surface area (Å²) in [4.78, 5) is 0. The smallest absolute Gasteiger partial charge is 0.122 e. The molecule has 0 aliphatic heterocycles. The molecule has 2 unspecified atom stereocenters. The van der Waals surface area contributed by atoms with Gasteiger partial charge in [0.15, 0.2) is 0 Å². The van der Waals surface area contributed by atoms with Crippen molar-refractivity contribution in [3.8, 4) is 11.5 Å². The van der Waals surface area contributed by atoms with Gasteiger partial charge in [0.05, 0.1) is 6.26 Å². The quantitative estimate of drug-likeness (QED) is 0.348. The van der Waals surface area contributed by atoms with Crippen LogP contribution in [0.5, 0.6) is 11.5 Å². The predicted octanol–water partition coefficient (Wildman–Crippen LogP) is 6.40. The second-order valence-corrected chi connectivity index (χ2v) is 6.98. The fourth-order valence-corrected chi connectivity index (χ4v) is 3.37. The lowest BCUT2D eigenvalue weighted by Gasteiger charge is -2.18. The highest BCUT2D eigenvalue weighted by Crippen LogP contribution is 2.30. The van der Waals surface area contributed by atoms with Gasteiger partial charge in [-0.25, -0.2) is 0 Å². The van der Waals surface area contributed by atoms with Crippen LogP contribution in [0.15, 0.2) is 61.4 Å². The Hall–Kier alpha value is -2.42. The van der Waals surface area contributed by atoms with Crippen LogP contribution in [0.2, 0.25) is 0 Å². The first-order valence-corrected chi connectivity index (χ1v) is 9.88. The molecule has 146 valence electrons. The third kappa shape index (κ3) is 7.01. The van der Waals surface area contributed by atoms with Gasteiger partial charge in [-0.2, -0.15) is 0 Å². The van der Waals surface area contributed by atoms with Gasteiger partial charge in [-0.3, -0.25) is 0 Å². The summed E-state index contributed by atoms with van der Waals surface area (Å²) in [5, 5.41) is 9.46. The predicted molar refractivity (Wildman–Crippen MR) is 111 cm³/mol. The van der Waals surface area contributed by atoms with E-state index in [2.05, 4.69) is 32.6 Å². The van der Waals surface area contributed by atoms with Gasteiger partial charge < -0.3 is 14.6 Å². The highest BCUT2D eigenvalue weighted by Gasteiger charge is 2.11. The van der Waals surface area contributed by atoms with Gasteiger partial charge in [0.25, 0.3) is 0 Å². The van der Waals surface area contributed by atoms with E-state index in [-0.39, 0.29) is 0 Å². The highest BCUT2D eigenvalue weighted by atomic mass is 16.5. The topological polar surface area (TPSA) is 38.7 Å². The molecule has 27 heavy (non-hydrogen) atoms. The number of aromatic hydroxyl groups is 1. The lowest BCUT2D eigenvalue weighted by atomic mass is 9.88. The van der Waals surface area contributed by atoms with E-state index in [9.17, 15) is 5.11 Å². The zero-order valence-electron chi connectivity index (χ0n) is 16.6. The zero-order valence-corrected chi connectivity index (χ0v) is 16.6. The van der Waals surface area contributed by atoms with Crippen LogP contribution in [0.1, 0.15) is 62.5 Å². The van der Waals surface area contributed by atoms with Crippen molar-refractivity contribution in [2.45, 2.75) is 51.4 Å². The summed E-state index contributed by atoms with van der Waals surface area (Å²) in [7, 11) is 0. The first-order valence-electron chi connectivity index (χ1n) is 9.88. The van der Waals surface area contributed by atoms with E-state index in [0.29, 0.717) is 30.8 Å². The third-order valence-corrected chi connectivity index (χ3v) is 5.08. The van der Waals surface area contributed by atoms with Crippen molar-refractivity contribution in [1.29, 1.82) is 0 Å². The summed E-state index contributed by atoms with van der Waals surface area (Å²) in [5.41, 5.74) is 2.67. The van der Waals surface area contributed by atoms with Crippen molar-refractivity contribution in [1.82, 2.24) is 0 Å². The molecule has 2 rings (SSSR count). The van der Waals surface area contributed by atoms with Gasteiger partial charge in [0.1, 0.15) is 24.7 Å². The van der Waals surface area contributed by atoms with Crippen LogP contribution in [-0.4, -0.2) is 18.3 Å². The summed E-state index contributed by atoms with van der Waals surface area (Å²) in [6, 6.07) is 16.0. The number of ether oxygens (including phenoxy) is 2. The van der Waals surface area contributed by atoms with E-state index >= 15 is 0 Å². The molecule has 0 fully saturated rings. The maximum absolute atomic E-state index is 9.46. The van der Waals surface area contributed by atoms with Gasteiger partial charge >= 0.3 is 0 Å². The van der Waals surface area contributed by atoms with E-state index < -0.39 is 0 Å². The number of phenolic OH excluding ortho intramolecular Hbond substituents is 1. The standard InChI is InChI=1S/C24H32O3/c1-4-20(22-9-13-23(25)14-10-22)8-6-7-19(3)21-11-15-24(16-12-21)27-18-17-26-5-2/h5,9-16,19-20,25H,2,4,6-8,17-18H2,1,3H3.